The molecule has 0 atom stereocenters. The van der Waals surface area contributed by atoms with Crippen LogP contribution < -0.4 is 26.4 Å². The Bertz CT molecular complexity index is 991. The van der Waals surface area contributed by atoms with Crippen molar-refractivity contribution in [2.45, 2.75) is 60.5 Å². The number of nitrogens with one attached hydrogen (secondary N) is 1. The Morgan fingerprint density at radius 1 is 1.31 bits per heavy atom. The first kappa shape index (κ1) is 22.4. The second-order valence-electron chi connectivity index (χ2n) is 7.80. The zero-order valence-electron chi connectivity index (χ0n) is 18.0. The summed E-state index contributed by atoms with van der Waals surface area (Å²) < 4.78 is 3.18. The molecule has 0 aliphatic heterocycles. The number of hydrogen-bond acceptors (Lipinski definition) is 4. The third kappa shape index (κ3) is 5.13. The third-order valence-corrected chi connectivity index (χ3v) is 4.99. The number of rotatable bonds is 8. The number of unbranched alkanes of at least 4 members (excludes halogenated alkanes) is 1. The van der Waals surface area contributed by atoms with E-state index in [9.17, 15) is 14.4 Å². The van der Waals surface area contributed by atoms with Gasteiger partial charge in [-0.2, -0.15) is 4.57 Å². The molecule has 3 N–H and O–H groups in total. The van der Waals surface area contributed by atoms with Crippen molar-refractivity contribution >= 4 is 17.4 Å². The number of carbonyl (C=O) groups excluding carboxylic acids is 1. The predicted octanol–water partition coefficient (Wildman–Crippen LogP) is 1.51. The molecule has 0 fully saturated rings. The zero-order chi connectivity index (χ0) is 21.7. The van der Waals surface area contributed by atoms with E-state index in [1.165, 1.54) is 9.47 Å². The molecule has 29 heavy (non-hydrogen) atoms. The lowest BCUT2D eigenvalue weighted by atomic mass is 10.2. The molecule has 8 nitrogen and oxygen atoms in total. The van der Waals surface area contributed by atoms with Crippen molar-refractivity contribution in [2.75, 3.05) is 17.2 Å². The Morgan fingerprint density at radius 2 is 2.00 bits per heavy atom. The van der Waals surface area contributed by atoms with Gasteiger partial charge in [0.05, 0.1) is 0 Å². The molecule has 2 aromatic heterocycles. The van der Waals surface area contributed by atoms with Gasteiger partial charge >= 0.3 is 5.69 Å². The summed E-state index contributed by atoms with van der Waals surface area (Å²) in [6.45, 7) is 10.6. The number of nitrogens with two attached hydrogens (primary N) is 1. The van der Waals surface area contributed by atoms with Crippen LogP contribution >= 0.6 is 0 Å². The molecule has 0 radical (unpaired) electrons. The van der Waals surface area contributed by atoms with Gasteiger partial charge in [-0.3, -0.25) is 24.0 Å². The van der Waals surface area contributed by atoms with Gasteiger partial charge < -0.3 is 5.73 Å². The average molecular weight is 403 g/mol. The minimum atomic E-state index is -0.636. The van der Waals surface area contributed by atoms with Gasteiger partial charge in [0.15, 0.2) is 17.6 Å². The SMILES string of the molecule is CCCCN(C(=O)C[n+]1cccc(C)c1C)c1c(N)n(CC(C)C)c(=O)[nH]c1=O. The molecule has 2 rings (SSSR count). The van der Waals surface area contributed by atoms with E-state index in [0.717, 1.165) is 17.7 Å². The van der Waals surface area contributed by atoms with Crippen LogP contribution in [-0.2, 0) is 17.9 Å². The van der Waals surface area contributed by atoms with Crippen LogP contribution in [-0.4, -0.2) is 22.0 Å². The molecular formula is C21H32N5O3+. The van der Waals surface area contributed by atoms with E-state index >= 15 is 0 Å². The number of hydrogen-bond donors (Lipinski definition) is 2. The molecule has 0 aliphatic rings. The highest BCUT2D eigenvalue weighted by molar-refractivity contribution is 5.94. The van der Waals surface area contributed by atoms with Gasteiger partial charge in [0, 0.05) is 31.6 Å². The van der Waals surface area contributed by atoms with E-state index in [1.54, 1.807) is 0 Å². The van der Waals surface area contributed by atoms with Gasteiger partial charge in [0.2, 0.25) is 6.54 Å². The van der Waals surface area contributed by atoms with Crippen molar-refractivity contribution in [1.29, 1.82) is 0 Å². The van der Waals surface area contributed by atoms with Crippen LogP contribution in [0.4, 0.5) is 11.5 Å². The highest BCUT2D eigenvalue weighted by Crippen LogP contribution is 2.19. The Kier molecular flexibility index (Phi) is 7.36. The van der Waals surface area contributed by atoms with Gasteiger partial charge in [-0.1, -0.05) is 27.2 Å². The van der Waals surface area contributed by atoms with Gasteiger partial charge in [0.25, 0.3) is 11.5 Å². The largest absolute Gasteiger partial charge is 0.383 e. The van der Waals surface area contributed by atoms with Gasteiger partial charge in [-0.15, -0.1) is 0 Å². The molecule has 2 heterocycles. The van der Waals surface area contributed by atoms with Crippen molar-refractivity contribution in [2.24, 2.45) is 5.92 Å². The van der Waals surface area contributed by atoms with Gasteiger partial charge in [-0.05, 0) is 25.3 Å². The van der Waals surface area contributed by atoms with Crippen molar-refractivity contribution < 1.29 is 9.36 Å². The summed E-state index contributed by atoms with van der Waals surface area (Å²) in [6.07, 6.45) is 3.40. The van der Waals surface area contributed by atoms with Crippen LogP contribution in [0.2, 0.25) is 0 Å². The average Bonchev–Trinajstić information content (AvgIpc) is 2.64. The van der Waals surface area contributed by atoms with Crippen LogP contribution in [0.5, 0.6) is 0 Å². The monoisotopic (exact) mass is 402 g/mol. The number of aryl methyl sites for hydroxylation is 1. The van der Waals surface area contributed by atoms with Crippen molar-refractivity contribution in [3.63, 3.8) is 0 Å². The van der Waals surface area contributed by atoms with E-state index in [4.69, 9.17) is 5.73 Å². The molecule has 0 unspecified atom stereocenters. The molecule has 0 saturated heterocycles. The summed E-state index contributed by atoms with van der Waals surface area (Å²) in [5.41, 5.74) is 7.14. The van der Waals surface area contributed by atoms with E-state index in [0.29, 0.717) is 19.5 Å². The number of nitrogens with zero attached hydrogens (tertiary/aromatic N) is 3. The van der Waals surface area contributed by atoms with E-state index in [1.807, 2.05) is 57.5 Å². The number of anilines is 2. The van der Waals surface area contributed by atoms with Crippen molar-refractivity contribution in [1.82, 2.24) is 9.55 Å². The Morgan fingerprint density at radius 3 is 2.62 bits per heavy atom. The summed E-state index contributed by atoms with van der Waals surface area (Å²) in [6, 6.07) is 3.87. The van der Waals surface area contributed by atoms with Crippen LogP contribution in [0, 0.1) is 19.8 Å². The minimum absolute atomic E-state index is 0.0304. The van der Waals surface area contributed by atoms with Crippen LogP contribution in [0.25, 0.3) is 0 Å². The number of aromatic nitrogens is 3. The maximum absolute atomic E-state index is 13.2. The summed E-state index contributed by atoms with van der Waals surface area (Å²) in [7, 11) is 0. The van der Waals surface area contributed by atoms with Crippen LogP contribution in [0.15, 0.2) is 27.9 Å². The zero-order valence-corrected chi connectivity index (χ0v) is 18.0. The fourth-order valence-electron chi connectivity index (χ4n) is 3.21. The Balaban J connectivity index is 2.52. The number of aromatic amines is 1. The van der Waals surface area contributed by atoms with E-state index in [2.05, 4.69) is 4.98 Å². The summed E-state index contributed by atoms with van der Waals surface area (Å²) in [4.78, 5) is 41.8. The fourth-order valence-corrected chi connectivity index (χ4v) is 3.21. The first-order valence-corrected chi connectivity index (χ1v) is 10.1. The molecule has 0 aromatic carbocycles. The molecule has 8 heteroatoms. The number of H-pyrrole nitrogens is 1. The quantitative estimate of drug-likeness (QED) is 0.653. The molecule has 0 bridgehead atoms. The Labute approximate surface area is 171 Å². The third-order valence-electron chi connectivity index (χ3n) is 4.99. The maximum Gasteiger partial charge on any atom is 0.330 e. The predicted molar refractivity (Wildman–Crippen MR) is 114 cm³/mol. The van der Waals surface area contributed by atoms with Crippen molar-refractivity contribution in [3.8, 4) is 0 Å². The second kappa shape index (κ2) is 9.54. The molecule has 0 aliphatic carbocycles. The molecule has 0 saturated carbocycles. The highest BCUT2D eigenvalue weighted by Gasteiger charge is 2.27. The lowest BCUT2D eigenvalue weighted by Gasteiger charge is -2.24. The summed E-state index contributed by atoms with van der Waals surface area (Å²) >= 11 is 0. The first-order chi connectivity index (χ1) is 13.7. The minimum Gasteiger partial charge on any atom is -0.383 e. The number of carbonyl (C=O) groups is 1. The lowest BCUT2D eigenvalue weighted by molar-refractivity contribution is -0.690. The standard InChI is InChI=1S/C21H31N5O3/c1-6-7-11-25(17(27)13-24-10-8-9-15(4)16(24)5)18-19(22)26(12-14(2)3)21(29)23-20(18)28/h8-10,14H,6-7,11-13H2,1-5H3,(H2-,22,23,28,29)/p+1. The van der Waals surface area contributed by atoms with E-state index < -0.39 is 11.2 Å². The van der Waals surface area contributed by atoms with E-state index in [-0.39, 0.29) is 29.9 Å². The normalized spacial score (nSPS) is 11.1. The Hall–Kier alpha value is -2.90. The number of pyridine rings is 1. The second-order valence-corrected chi connectivity index (χ2v) is 7.80. The number of nitrogen functional groups attached to an aromatic ring is 1. The summed E-state index contributed by atoms with van der Waals surface area (Å²) in [5.74, 6) is -0.0639. The topological polar surface area (TPSA) is 105 Å². The maximum atomic E-state index is 13.2. The molecule has 0 spiro atoms. The summed E-state index contributed by atoms with van der Waals surface area (Å²) in [5, 5.41) is 0. The van der Waals surface area contributed by atoms with Crippen LogP contribution in [0.1, 0.15) is 44.9 Å². The molecule has 2 aromatic rings. The van der Waals surface area contributed by atoms with Crippen LogP contribution in [0.3, 0.4) is 0 Å². The van der Waals surface area contributed by atoms with Gasteiger partial charge in [-0.25, -0.2) is 4.79 Å². The molecule has 158 valence electrons. The fraction of sp³-hybridized carbons (Fsp3) is 0.524. The van der Waals surface area contributed by atoms with Gasteiger partial charge in [0.1, 0.15) is 5.82 Å². The first-order valence-electron chi connectivity index (χ1n) is 10.1. The number of amides is 1. The molecule has 1 amide bonds. The lowest BCUT2D eigenvalue weighted by Crippen LogP contribution is -2.49. The van der Waals surface area contributed by atoms with Crippen molar-refractivity contribution in [3.05, 3.63) is 50.4 Å². The highest BCUT2D eigenvalue weighted by atomic mass is 16.2. The smallest absolute Gasteiger partial charge is 0.330 e. The molecular weight excluding hydrogens is 370 g/mol.